The lowest BCUT2D eigenvalue weighted by molar-refractivity contribution is -0.136. The van der Waals surface area contributed by atoms with Gasteiger partial charge >= 0.3 is 5.97 Å². The number of carboxylic acids is 1. The summed E-state index contributed by atoms with van der Waals surface area (Å²) < 4.78 is 14.1. The monoisotopic (exact) mass is 432 g/mol. The topological polar surface area (TPSA) is 37.3 Å². The molecule has 0 amide bonds. The van der Waals surface area contributed by atoms with E-state index in [2.05, 4.69) is 31.2 Å². The number of aliphatic carboxylic acids is 1. The Labute approximate surface area is 190 Å². The van der Waals surface area contributed by atoms with Crippen LogP contribution in [0.5, 0.6) is 0 Å². The van der Waals surface area contributed by atoms with Crippen LogP contribution in [0.2, 0.25) is 0 Å². The predicted octanol–water partition coefficient (Wildman–Crippen LogP) is 7.85. The van der Waals surface area contributed by atoms with Crippen molar-refractivity contribution in [2.75, 3.05) is 0 Å². The molecule has 4 rings (SSSR count). The second-order valence-electron chi connectivity index (χ2n) is 9.53. The lowest BCUT2D eigenvalue weighted by Gasteiger charge is -2.17. The Hall–Kier alpha value is -2.68. The summed E-state index contributed by atoms with van der Waals surface area (Å²) in [5.74, 6) is 0.963. The van der Waals surface area contributed by atoms with E-state index in [4.69, 9.17) is 5.11 Å². The van der Waals surface area contributed by atoms with E-state index in [-0.39, 0.29) is 12.2 Å². The highest BCUT2D eigenvalue weighted by atomic mass is 19.1. The van der Waals surface area contributed by atoms with E-state index < -0.39 is 5.97 Å². The van der Waals surface area contributed by atoms with E-state index >= 15 is 0 Å². The van der Waals surface area contributed by atoms with Crippen LogP contribution in [0.4, 0.5) is 4.39 Å². The number of hydrogen-bond donors (Lipinski definition) is 1. The molecule has 0 bridgehead atoms. The van der Waals surface area contributed by atoms with Crippen molar-refractivity contribution in [1.82, 2.24) is 0 Å². The molecule has 1 unspecified atom stereocenters. The zero-order valence-corrected chi connectivity index (χ0v) is 18.9. The molecule has 3 aromatic carbocycles. The Kier molecular flexibility index (Phi) is 7.24. The van der Waals surface area contributed by atoms with Crippen molar-refractivity contribution >= 4 is 16.7 Å². The molecule has 0 aromatic heterocycles. The number of aryl methyl sites for hydroxylation is 1. The van der Waals surface area contributed by atoms with Crippen LogP contribution >= 0.6 is 0 Å². The highest BCUT2D eigenvalue weighted by molar-refractivity contribution is 5.86. The summed E-state index contributed by atoms with van der Waals surface area (Å²) in [6.45, 7) is 2.27. The SMILES string of the molecule is C[C@@H](CCCC1CC[C@@H](c2ccc(CCC(=O)O)cc2)C1)c1ccc(F)c2ccccc12. The average molecular weight is 433 g/mol. The van der Waals surface area contributed by atoms with Crippen LogP contribution in [0.1, 0.15) is 80.4 Å². The standard InChI is InChI=1S/C29H33FO2/c1-20(25-16-17-28(30)27-8-3-2-7-26(25)27)5-4-6-22-11-15-24(19-22)23-13-9-21(10-14-23)12-18-29(31)32/h2-3,7-10,13-14,16-17,20,22,24H,4-6,11-12,15,18-19H2,1H3,(H,31,32)/t20-,22?,24+/m0/s1. The van der Waals surface area contributed by atoms with Crippen LogP contribution in [0.15, 0.2) is 60.7 Å². The van der Waals surface area contributed by atoms with Crippen LogP contribution in [-0.4, -0.2) is 11.1 Å². The lowest BCUT2D eigenvalue weighted by atomic mass is 9.88. The molecular weight excluding hydrogens is 399 g/mol. The fourth-order valence-electron chi connectivity index (χ4n) is 5.43. The van der Waals surface area contributed by atoms with Gasteiger partial charge in [0.05, 0.1) is 0 Å². The molecule has 3 heteroatoms. The maximum Gasteiger partial charge on any atom is 0.303 e. The molecule has 1 aliphatic carbocycles. The van der Waals surface area contributed by atoms with Gasteiger partial charge in [-0.15, -0.1) is 0 Å². The number of fused-ring (bicyclic) bond motifs is 1. The van der Waals surface area contributed by atoms with Crippen LogP contribution in [0.25, 0.3) is 10.8 Å². The minimum Gasteiger partial charge on any atom is -0.481 e. The fraction of sp³-hybridized carbons (Fsp3) is 0.414. The number of benzene rings is 3. The van der Waals surface area contributed by atoms with Crippen molar-refractivity contribution in [3.05, 3.63) is 83.2 Å². The van der Waals surface area contributed by atoms with Crippen LogP contribution in [-0.2, 0) is 11.2 Å². The third-order valence-corrected chi connectivity index (χ3v) is 7.30. The van der Waals surface area contributed by atoms with Crippen molar-refractivity contribution < 1.29 is 14.3 Å². The second kappa shape index (κ2) is 10.3. The summed E-state index contributed by atoms with van der Waals surface area (Å²) in [5.41, 5.74) is 3.76. The van der Waals surface area contributed by atoms with E-state index in [1.54, 1.807) is 6.07 Å². The van der Waals surface area contributed by atoms with Gasteiger partial charge < -0.3 is 5.11 Å². The van der Waals surface area contributed by atoms with Gasteiger partial charge in [0, 0.05) is 11.8 Å². The van der Waals surface area contributed by atoms with Gasteiger partial charge in [0.1, 0.15) is 5.82 Å². The van der Waals surface area contributed by atoms with Gasteiger partial charge in [-0.05, 0) is 78.0 Å². The Bertz CT molecular complexity index is 1060. The molecule has 0 saturated heterocycles. The van der Waals surface area contributed by atoms with E-state index in [0.29, 0.717) is 18.3 Å². The van der Waals surface area contributed by atoms with Crippen molar-refractivity contribution in [1.29, 1.82) is 0 Å². The molecule has 1 aliphatic rings. The minimum absolute atomic E-state index is 0.136. The largest absolute Gasteiger partial charge is 0.481 e. The summed E-state index contributed by atoms with van der Waals surface area (Å²) in [5, 5.41) is 10.6. The van der Waals surface area contributed by atoms with E-state index in [9.17, 15) is 9.18 Å². The van der Waals surface area contributed by atoms with Crippen molar-refractivity contribution in [3.63, 3.8) is 0 Å². The average Bonchev–Trinajstić information content (AvgIpc) is 3.27. The summed E-state index contributed by atoms with van der Waals surface area (Å²) in [7, 11) is 0. The quantitative estimate of drug-likeness (QED) is 0.374. The van der Waals surface area contributed by atoms with Gasteiger partial charge in [-0.1, -0.05) is 74.4 Å². The lowest BCUT2D eigenvalue weighted by Crippen LogP contribution is -2.00. The van der Waals surface area contributed by atoms with Crippen LogP contribution < -0.4 is 0 Å². The van der Waals surface area contributed by atoms with E-state index in [1.807, 2.05) is 30.3 Å². The molecule has 3 atom stereocenters. The molecule has 0 aliphatic heterocycles. The molecular formula is C29H33FO2. The Morgan fingerprint density at radius 2 is 1.78 bits per heavy atom. The van der Waals surface area contributed by atoms with Gasteiger partial charge in [-0.3, -0.25) is 4.79 Å². The molecule has 1 fully saturated rings. The molecule has 0 radical (unpaired) electrons. The highest BCUT2D eigenvalue weighted by Crippen LogP contribution is 2.41. The van der Waals surface area contributed by atoms with Crippen LogP contribution in [0.3, 0.4) is 0 Å². The molecule has 32 heavy (non-hydrogen) atoms. The van der Waals surface area contributed by atoms with Crippen molar-refractivity contribution in [2.24, 2.45) is 5.92 Å². The minimum atomic E-state index is -0.741. The van der Waals surface area contributed by atoms with E-state index in [0.717, 1.165) is 28.7 Å². The first-order valence-electron chi connectivity index (χ1n) is 12.0. The molecule has 168 valence electrons. The first-order chi connectivity index (χ1) is 15.5. The Balaban J connectivity index is 1.27. The van der Waals surface area contributed by atoms with Gasteiger partial charge in [0.25, 0.3) is 0 Å². The summed E-state index contributed by atoms with van der Waals surface area (Å²) in [4.78, 5) is 10.7. The van der Waals surface area contributed by atoms with Crippen molar-refractivity contribution in [2.45, 2.75) is 70.1 Å². The highest BCUT2D eigenvalue weighted by Gasteiger charge is 2.25. The second-order valence-corrected chi connectivity index (χ2v) is 9.53. The third kappa shape index (κ3) is 5.38. The fourth-order valence-corrected chi connectivity index (χ4v) is 5.43. The predicted molar refractivity (Wildman–Crippen MR) is 129 cm³/mol. The van der Waals surface area contributed by atoms with E-state index in [1.165, 1.54) is 43.2 Å². The number of carbonyl (C=O) groups is 1. The van der Waals surface area contributed by atoms with Crippen LogP contribution in [0, 0.1) is 11.7 Å². The van der Waals surface area contributed by atoms with Crippen molar-refractivity contribution in [3.8, 4) is 0 Å². The molecule has 1 saturated carbocycles. The maximum absolute atomic E-state index is 14.1. The summed E-state index contributed by atoms with van der Waals surface area (Å²) in [6.07, 6.45) is 8.18. The number of halogens is 1. The summed E-state index contributed by atoms with van der Waals surface area (Å²) >= 11 is 0. The smallest absolute Gasteiger partial charge is 0.303 e. The Morgan fingerprint density at radius 1 is 1.03 bits per heavy atom. The molecule has 3 aromatic rings. The van der Waals surface area contributed by atoms with Gasteiger partial charge in [-0.25, -0.2) is 4.39 Å². The molecule has 0 heterocycles. The van der Waals surface area contributed by atoms with Gasteiger partial charge in [-0.2, -0.15) is 0 Å². The third-order valence-electron chi connectivity index (χ3n) is 7.30. The number of hydrogen-bond acceptors (Lipinski definition) is 1. The molecule has 2 nitrogen and oxygen atoms in total. The first-order valence-corrected chi connectivity index (χ1v) is 12.0. The number of rotatable bonds is 9. The Morgan fingerprint density at radius 3 is 2.53 bits per heavy atom. The molecule has 0 spiro atoms. The van der Waals surface area contributed by atoms with Gasteiger partial charge in [0.2, 0.25) is 0 Å². The maximum atomic E-state index is 14.1. The molecule has 1 N–H and O–H groups in total. The van der Waals surface area contributed by atoms with Gasteiger partial charge in [0.15, 0.2) is 0 Å². The zero-order chi connectivity index (χ0) is 22.5. The number of carboxylic acid groups (broad SMARTS) is 1. The normalized spacial score (nSPS) is 19.3. The first kappa shape index (κ1) is 22.5. The zero-order valence-electron chi connectivity index (χ0n) is 18.9. The summed E-state index contributed by atoms with van der Waals surface area (Å²) in [6, 6.07) is 20.0.